The van der Waals surface area contributed by atoms with Crippen LogP contribution < -0.4 is 5.32 Å². The van der Waals surface area contributed by atoms with E-state index >= 15 is 0 Å². The zero-order valence-electron chi connectivity index (χ0n) is 16.8. The highest BCUT2D eigenvalue weighted by Crippen LogP contribution is 2.23. The van der Waals surface area contributed by atoms with Gasteiger partial charge in [-0.3, -0.25) is 9.59 Å². The third-order valence-electron chi connectivity index (χ3n) is 5.52. The Balaban J connectivity index is 1.81. The normalized spacial score (nSPS) is 15.1. The summed E-state index contributed by atoms with van der Waals surface area (Å²) in [6.45, 7) is 1.67. The largest absolute Gasteiger partial charge is 0.352 e. The standard InChI is InChI=1S/C23H25Cl2FN2O2/c1-15(23(30)27-19-7-3-4-8-19)28(14-17-6-2-5-9-21(17)26)22(29)12-16-10-11-18(24)13-20(16)25/h2,5-6,9-11,13,15,19H,3-4,7-8,12,14H2,1H3,(H,27,30)/t15-/m0/s1. The highest BCUT2D eigenvalue weighted by atomic mass is 35.5. The number of hydrogen-bond donors (Lipinski definition) is 1. The van der Waals surface area contributed by atoms with E-state index in [2.05, 4.69) is 5.32 Å². The number of nitrogens with one attached hydrogen (secondary N) is 1. The SMILES string of the molecule is C[C@@H](C(=O)NC1CCCC1)N(Cc1ccccc1F)C(=O)Cc1ccc(Cl)cc1Cl. The number of carbonyl (C=O) groups excluding carboxylic acids is 2. The van der Waals surface area contributed by atoms with Crippen LogP contribution in [0.25, 0.3) is 0 Å². The van der Waals surface area contributed by atoms with Crippen molar-refractivity contribution in [3.8, 4) is 0 Å². The maximum Gasteiger partial charge on any atom is 0.242 e. The maximum absolute atomic E-state index is 14.3. The van der Waals surface area contributed by atoms with Crippen molar-refractivity contribution in [1.29, 1.82) is 0 Å². The average molecular weight is 451 g/mol. The number of halogens is 3. The monoisotopic (exact) mass is 450 g/mol. The molecule has 1 fully saturated rings. The van der Waals surface area contributed by atoms with Crippen molar-refractivity contribution in [2.75, 3.05) is 0 Å². The second-order valence-electron chi connectivity index (χ2n) is 7.69. The Labute approximate surface area is 186 Å². The molecular weight excluding hydrogens is 426 g/mol. The molecule has 1 atom stereocenters. The van der Waals surface area contributed by atoms with Gasteiger partial charge < -0.3 is 10.2 Å². The number of benzene rings is 2. The van der Waals surface area contributed by atoms with Gasteiger partial charge in [0.15, 0.2) is 0 Å². The average Bonchev–Trinajstić information content (AvgIpc) is 3.22. The minimum Gasteiger partial charge on any atom is -0.352 e. The lowest BCUT2D eigenvalue weighted by molar-refractivity contribution is -0.140. The second kappa shape index (κ2) is 10.3. The molecule has 1 N–H and O–H groups in total. The Kier molecular flexibility index (Phi) is 7.73. The van der Waals surface area contributed by atoms with Crippen molar-refractivity contribution in [3.63, 3.8) is 0 Å². The van der Waals surface area contributed by atoms with Gasteiger partial charge in [-0.25, -0.2) is 4.39 Å². The minimum atomic E-state index is -0.746. The third-order valence-corrected chi connectivity index (χ3v) is 6.11. The van der Waals surface area contributed by atoms with Gasteiger partial charge in [0.2, 0.25) is 11.8 Å². The van der Waals surface area contributed by atoms with Crippen LogP contribution >= 0.6 is 23.2 Å². The van der Waals surface area contributed by atoms with Crippen molar-refractivity contribution in [1.82, 2.24) is 10.2 Å². The van der Waals surface area contributed by atoms with Crippen molar-refractivity contribution in [2.45, 2.75) is 57.7 Å². The summed E-state index contributed by atoms with van der Waals surface area (Å²) in [5, 5.41) is 3.88. The number of carbonyl (C=O) groups is 2. The number of hydrogen-bond acceptors (Lipinski definition) is 2. The molecule has 0 aromatic heterocycles. The lowest BCUT2D eigenvalue weighted by Crippen LogP contribution is -2.50. The lowest BCUT2D eigenvalue weighted by Gasteiger charge is -2.30. The number of amides is 2. The Morgan fingerprint density at radius 2 is 1.83 bits per heavy atom. The van der Waals surface area contributed by atoms with Gasteiger partial charge in [0, 0.05) is 28.2 Å². The first-order valence-electron chi connectivity index (χ1n) is 10.1. The van der Waals surface area contributed by atoms with Crippen molar-refractivity contribution >= 4 is 35.0 Å². The Morgan fingerprint density at radius 3 is 2.50 bits per heavy atom. The van der Waals surface area contributed by atoms with Crippen molar-refractivity contribution < 1.29 is 14.0 Å². The van der Waals surface area contributed by atoms with E-state index in [1.807, 2.05) is 0 Å². The summed E-state index contributed by atoms with van der Waals surface area (Å²) >= 11 is 12.2. The van der Waals surface area contributed by atoms with E-state index in [-0.39, 0.29) is 30.8 Å². The highest BCUT2D eigenvalue weighted by molar-refractivity contribution is 6.35. The van der Waals surface area contributed by atoms with Crippen LogP contribution in [0, 0.1) is 5.82 Å². The molecule has 0 unspecified atom stereocenters. The van der Waals surface area contributed by atoms with Gasteiger partial charge in [0.1, 0.15) is 11.9 Å². The first kappa shape index (κ1) is 22.6. The fraction of sp³-hybridized carbons (Fsp3) is 0.391. The van der Waals surface area contributed by atoms with E-state index in [0.29, 0.717) is 21.2 Å². The van der Waals surface area contributed by atoms with Crippen LogP contribution in [-0.2, 0) is 22.6 Å². The zero-order valence-corrected chi connectivity index (χ0v) is 18.3. The molecule has 3 rings (SSSR count). The van der Waals surface area contributed by atoms with Gasteiger partial charge in [-0.1, -0.05) is 60.3 Å². The van der Waals surface area contributed by atoms with Gasteiger partial charge in [-0.15, -0.1) is 0 Å². The van der Waals surface area contributed by atoms with Gasteiger partial charge in [-0.05, 0) is 43.5 Å². The molecule has 30 heavy (non-hydrogen) atoms. The molecule has 0 bridgehead atoms. The molecule has 4 nitrogen and oxygen atoms in total. The summed E-state index contributed by atoms with van der Waals surface area (Å²) in [6, 6.07) is 10.6. The van der Waals surface area contributed by atoms with E-state index < -0.39 is 11.9 Å². The maximum atomic E-state index is 14.3. The molecule has 0 saturated heterocycles. The van der Waals surface area contributed by atoms with Crippen LogP contribution in [0.3, 0.4) is 0 Å². The molecular formula is C23H25Cl2FN2O2. The summed E-state index contributed by atoms with van der Waals surface area (Å²) in [6.07, 6.45) is 4.06. The van der Waals surface area contributed by atoms with Crippen LogP contribution in [0.2, 0.25) is 10.0 Å². The van der Waals surface area contributed by atoms with Crippen LogP contribution in [0.15, 0.2) is 42.5 Å². The second-order valence-corrected chi connectivity index (χ2v) is 8.54. The van der Waals surface area contributed by atoms with Crippen molar-refractivity contribution in [2.24, 2.45) is 0 Å². The van der Waals surface area contributed by atoms with Gasteiger partial charge in [-0.2, -0.15) is 0 Å². The Bertz CT molecular complexity index is 916. The van der Waals surface area contributed by atoms with E-state index in [9.17, 15) is 14.0 Å². The highest BCUT2D eigenvalue weighted by Gasteiger charge is 2.29. The molecule has 0 radical (unpaired) electrons. The molecule has 0 heterocycles. The minimum absolute atomic E-state index is 0.00400. The summed E-state index contributed by atoms with van der Waals surface area (Å²) in [5.74, 6) is -0.950. The molecule has 0 aliphatic heterocycles. The Hall–Kier alpha value is -2.11. The summed E-state index contributed by atoms with van der Waals surface area (Å²) in [5.41, 5.74) is 0.960. The molecule has 2 amide bonds. The summed E-state index contributed by atoms with van der Waals surface area (Å²) in [7, 11) is 0. The third kappa shape index (κ3) is 5.73. The zero-order chi connectivity index (χ0) is 21.7. The summed E-state index contributed by atoms with van der Waals surface area (Å²) < 4.78 is 14.3. The fourth-order valence-corrected chi connectivity index (χ4v) is 4.19. The first-order chi connectivity index (χ1) is 14.3. The van der Waals surface area contributed by atoms with Crippen LogP contribution in [0.4, 0.5) is 4.39 Å². The predicted molar refractivity (Wildman–Crippen MR) is 117 cm³/mol. The van der Waals surface area contributed by atoms with Crippen LogP contribution in [0.5, 0.6) is 0 Å². The van der Waals surface area contributed by atoms with Gasteiger partial charge >= 0.3 is 0 Å². The molecule has 2 aromatic carbocycles. The van der Waals surface area contributed by atoms with Crippen molar-refractivity contribution in [3.05, 3.63) is 69.5 Å². The molecule has 160 valence electrons. The van der Waals surface area contributed by atoms with Crippen LogP contribution in [-0.4, -0.2) is 28.8 Å². The van der Waals surface area contributed by atoms with E-state index in [4.69, 9.17) is 23.2 Å². The van der Waals surface area contributed by atoms with E-state index in [0.717, 1.165) is 25.7 Å². The predicted octanol–water partition coefficient (Wildman–Crippen LogP) is 5.15. The topological polar surface area (TPSA) is 49.4 Å². The fourth-order valence-electron chi connectivity index (χ4n) is 3.71. The number of rotatable bonds is 7. The first-order valence-corrected chi connectivity index (χ1v) is 10.9. The molecule has 1 aliphatic carbocycles. The van der Waals surface area contributed by atoms with Gasteiger partial charge in [0.05, 0.1) is 6.42 Å². The number of nitrogens with zero attached hydrogens (tertiary/aromatic N) is 1. The van der Waals surface area contributed by atoms with E-state index in [1.54, 1.807) is 43.3 Å². The smallest absolute Gasteiger partial charge is 0.242 e. The lowest BCUT2D eigenvalue weighted by atomic mass is 10.1. The van der Waals surface area contributed by atoms with Crippen LogP contribution in [0.1, 0.15) is 43.7 Å². The molecule has 2 aromatic rings. The molecule has 1 aliphatic rings. The quantitative estimate of drug-likeness (QED) is 0.633. The molecule has 1 saturated carbocycles. The molecule has 7 heteroatoms. The molecule has 0 spiro atoms. The van der Waals surface area contributed by atoms with Gasteiger partial charge in [0.25, 0.3) is 0 Å². The Morgan fingerprint density at radius 1 is 1.13 bits per heavy atom. The summed E-state index contributed by atoms with van der Waals surface area (Å²) in [4.78, 5) is 27.4. The van der Waals surface area contributed by atoms with E-state index in [1.165, 1.54) is 11.0 Å².